The van der Waals surface area contributed by atoms with Gasteiger partial charge in [0.1, 0.15) is 0 Å². The summed E-state index contributed by atoms with van der Waals surface area (Å²) in [4.78, 5) is 25.4. The lowest BCUT2D eigenvalue weighted by atomic mass is 9.98. The van der Waals surface area contributed by atoms with Crippen molar-refractivity contribution in [3.8, 4) is 0 Å². The summed E-state index contributed by atoms with van der Waals surface area (Å²) in [6.07, 6.45) is 0. The Morgan fingerprint density at radius 3 is 2.28 bits per heavy atom. The number of ketones is 1. The Hall–Kier alpha value is -2.26. The summed E-state index contributed by atoms with van der Waals surface area (Å²) < 4.78 is 31.2. The predicted molar refractivity (Wildman–Crippen MR) is 110 cm³/mol. The van der Waals surface area contributed by atoms with E-state index in [2.05, 4.69) is 5.32 Å². The van der Waals surface area contributed by atoms with Crippen LogP contribution >= 0.6 is 11.6 Å². The zero-order valence-corrected chi connectivity index (χ0v) is 17.2. The van der Waals surface area contributed by atoms with E-state index in [1.165, 1.54) is 10.4 Å². The summed E-state index contributed by atoms with van der Waals surface area (Å²) in [5.41, 5.74) is 0.837. The summed E-state index contributed by atoms with van der Waals surface area (Å²) in [5, 5.41) is 3.11. The van der Waals surface area contributed by atoms with E-state index in [4.69, 9.17) is 16.3 Å². The largest absolute Gasteiger partial charge is 0.379 e. The van der Waals surface area contributed by atoms with Gasteiger partial charge < -0.3 is 10.1 Å². The highest BCUT2D eigenvalue weighted by molar-refractivity contribution is 7.89. The second kappa shape index (κ2) is 9.49. The van der Waals surface area contributed by atoms with Gasteiger partial charge in [0, 0.05) is 35.8 Å². The molecule has 1 fully saturated rings. The molecule has 154 valence electrons. The molecular weight excluding hydrogens is 416 g/mol. The Morgan fingerprint density at radius 2 is 1.62 bits per heavy atom. The highest BCUT2D eigenvalue weighted by Crippen LogP contribution is 2.17. The molecule has 9 heteroatoms. The van der Waals surface area contributed by atoms with Crippen molar-refractivity contribution in [1.29, 1.82) is 0 Å². The minimum atomic E-state index is -3.48. The van der Waals surface area contributed by atoms with Crippen molar-refractivity contribution in [2.24, 2.45) is 0 Å². The number of hydrogen-bond donors (Lipinski definition) is 1. The third kappa shape index (κ3) is 5.42. The molecule has 1 heterocycles. The Morgan fingerprint density at radius 1 is 1.00 bits per heavy atom. The van der Waals surface area contributed by atoms with Gasteiger partial charge in [-0.25, -0.2) is 8.42 Å². The molecule has 1 aliphatic rings. The fourth-order valence-electron chi connectivity index (χ4n) is 2.98. The number of sulfonamides is 1. The fraction of sp³-hybridized carbons (Fsp3) is 0.300. The van der Waals surface area contributed by atoms with Gasteiger partial charge in [-0.15, -0.1) is 0 Å². The van der Waals surface area contributed by atoms with Crippen LogP contribution in [0.25, 0.3) is 0 Å². The molecule has 0 unspecified atom stereocenters. The molecule has 2 aromatic carbocycles. The molecule has 0 bridgehead atoms. The van der Waals surface area contributed by atoms with Crippen LogP contribution in [0.1, 0.15) is 26.3 Å². The van der Waals surface area contributed by atoms with E-state index in [1.54, 1.807) is 42.5 Å². The van der Waals surface area contributed by atoms with Crippen molar-refractivity contribution in [3.63, 3.8) is 0 Å². The van der Waals surface area contributed by atoms with Crippen LogP contribution in [0.3, 0.4) is 0 Å². The van der Waals surface area contributed by atoms with E-state index in [0.29, 0.717) is 36.9 Å². The van der Waals surface area contributed by atoms with E-state index in [9.17, 15) is 18.0 Å². The maximum absolute atomic E-state index is 12.8. The summed E-state index contributed by atoms with van der Waals surface area (Å²) >= 11 is 5.86. The normalized spacial score (nSPS) is 15.1. The molecule has 0 atom stereocenters. The lowest BCUT2D eigenvalue weighted by Crippen LogP contribution is -2.43. The summed E-state index contributed by atoms with van der Waals surface area (Å²) in [6, 6.07) is 12.8. The number of benzene rings is 2. The Balaban J connectivity index is 1.67. The zero-order valence-electron chi connectivity index (χ0n) is 15.6. The molecule has 0 aliphatic carbocycles. The van der Waals surface area contributed by atoms with Crippen LogP contribution in [0.15, 0.2) is 48.5 Å². The van der Waals surface area contributed by atoms with E-state index in [0.717, 1.165) is 0 Å². The standard InChI is InChI=1S/C20H21ClN2O5S/c21-16-7-5-15(6-8-16)19(24)17-3-1-2-4-18(17)20(25)22-9-14-29(26,27)23-10-12-28-13-11-23/h1-8H,9-14H2,(H,22,25). The number of carbonyl (C=O) groups is 2. The second-order valence-electron chi connectivity index (χ2n) is 6.46. The van der Waals surface area contributed by atoms with Crippen molar-refractivity contribution < 1.29 is 22.7 Å². The van der Waals surface area contributed by atoms with Gasteiger partial charge in [-0.3, -0.25) is 9.59 Å². The first kappa shape index (κ1) is 21.4. The number of carbonyl (C=O) groups excluding carboxylic acids is 2. The van der Waals surface area contributed by atoms with Gasteiger partial charge >= 0.3 is 0 Å². The van der Waals surface area contributed by atoms with Crippen molar-refractivity contribution in [2.45, 2.75) is 0 Å². The average Bonchev–Trinajstić information content (AvgIpc) is 2.74. The smallest absolute Gasteiger partial charge is 0.252 e. The molecule has 0 radical (unpaired) electrons. The van der Waals surface area contributed by atoms with Gasteiger partial charge in [0.15, 0.2) is 5.78 Å². The molecule has 7 nitrogen and oxygen atoms in total. The Kier molecular flexibility index (Phi) is 7.02. The number of nitrogens with one attached hydrogen (secondary N) is 1. The van der Waals surface area contributed by atoms with Crippen molar-refractivity contribution >= 4 is 33.3 Å². The number of morpholine rings is 1. The lowest BCUT2D eigenvalue weighted by molar-refractivity contribution is 0.0730. The molecule has 3 rings (SSSR count). The first-order valence-corrected chi connectivity index (χ1v) is 11.1. The number of ether oxygens (including phenoxy) is 1. The quantitative estimate of drug-likeness (QED) is 0.670. The van der Waals surface area contributed by atoms with Crippen molar-refractivity contribution in [1.82, 2.24) is 9.62 Å². The monoisotopic (exact) mass is 436 g/mol. The van der Waals surface area contributed by atoms with Gasteiger partial charge in [-0.05, 0) is 30.3 Å². The van der Waals surface area contributed by atoms with E-state index >= 15 is 0 Å². The first-order valence-electron chi connectivity index (χ1n) is 9.11. The molecule has 2 aromatic rings. The van der Waals surface area contributed by atoms with Crippen molar-refractivity contribution in [3.05, 3.63) is 70.2 Å². The van der Waals surface area contributed by atoms with Crippen LogP contribution in [0.2, 0.25) is 5.02 Å². The molecule has 1 aliphatic heterocycles. The Labute approximate surface area is 174 Å². The average molecular weight is 437 g/mol. The SMILES string of the molecule is O=C(NCCS(=O)(=O)N1CCOCC1)c1ccccc1C(=O)c1ccc(Cl)cc1. The topological polar surface area (TPSA) is 92.8 Å². The third-order valence-corrected chi connectivity index (χ3v) is 6.66. The molecule has 29 heavy (non-hydrogen) atoms. The van der Waals surface area contributed by atoms with Crippen LogP contribution in [0.4, 0.5) is 0 Å². The van der Waals surface area contributed by atoms with Gasteiger partial charge in [-0.2, -0.15) is 4.31 Å². The van der Waals surface area contributed by atoms with Crippen LogP contribution in [0.5, 0.6) is 0 Å². The summed E-state index contributed by atoms with van der Waals surface area (Å²) in [5.74, 6) is -1.03. The highest BCUT2D eigenvalue weighted by Gasteiger charge is 2.24. The van der Waals surface area contributed by atoms with Crippen LogP contribution in [-0.4, -0.2) is 63.0 Å². The second-order valence-corrected chi connectivity index (χ2v) is 8.99. The van der Waals surface area contributed by atoms with Gasteiger partial charge in [0.05, 0.1) is 24.5 Å². The van der Waals surface area contributed by atoms with Gasteiger partial charge in [0.25, 0.3) is 5.91 Å². The van der Waals surface area contributed by atoms with Crippen molar-refractivity contribution in [2.75, 3.05) is 38.6 Å². The number of rotatable bonds is 7. The fourth-order valence-corrected chi connectivity index (χ4v) is 4.43. The molecule has 0 aromatic heterocycles. The first-order chi connectivity index (χ1) is 13.9. The summed E-state index contributed by atoms with van der Waals surface area (Å²) in [6.45, 7) is 1.31. The molecule has 1 amide bonds. The highest BCUT2D eigenvalue weighted by atomic mass is 35.5. The number of halogens is 1. The lowest BCUT2D eigenvalue weighted by Gasteiger charge is -2.26. The minimum Gasteiger partial charge on any atom is -0.379 e. The van der Waals surface area contributed by atoms with E-state index in [-0.39, 0.29) is 29.2 Å². The van der Waals surface area contributed by atoms with Gasteiger partial charge in [-0.1, -0.05) is 29.8 Å². The number of hydrogen-bond acceptors (Lipinski definition) is 5. The third-order valence-electron chi connectivity index (χ3n) is 4.53. The number of amides is 1. The minimum absolute atomic E-state index is 0.0536. The van der Waals surface area contributed by atoms with Crippen LogP contribution < -0.4 is 5.32 Å². The maximum Gasteiger partial charge on any atom is 0.252 e. The zero-order chi connectivity index (χ0) is 20.9. The Bertz CT molecular complexity index is 986. The van der Waals surface area contributed by atoms with E-state index < -0.39 is 15.9 Å². The number of nitrogens with zero attached hydrogens (tertiary/aromatic N) is 1. The molecule has 1 N–H and O–H groups in total. The van der Waals surface area contributed by atoms with E-state index in [1.807, 2.05) is 0 Å². The maximum atomic E-state index is 12.8. The molecule has 1 saturated heterocycles. The van der Waals surface area contributed by atoms with Crippen LogP contribution in [0, 0.1) is 0 Å². The van der Waals surface area contributed by atoms with Gasteiger partial charge in [0.2, 0.25) is 10.0 Å². The predicted octanol–water partition coefficient (Wildman–Crippen LogP) is 1.96. The van der Waals surface area contributed by atoms with Crippen LogP contribution in [-0.2, 0) is 14.8 Å². The summed E-state index contributed by atoms with van der Waals surface area (Å²) in [7, 11) is -3.48. The molecular formula is C20H21ClN2O5S. The molecule has 0 spiro atoms. The molecule has 0 saturated carbocycles.